The summed E-state index contributed by atoms with van der Waals surface area (Å²) >= 11 is 0. The lowest BCUT2D eigenvalue weighted by Crippen LogP contribution is -2.55. The summed E-state index contributed by atoms with van der Waals surface area (Å²) in [5, 5.41) is 10.9. The van der Waals surface area contributed by atoms with E-state index in [-0.39, 0.29) is 5.56 Å². The van der Waals surface area contributed by atoms with Crippen molar-refractivity contribution in [2.24, 2.45) is 11.8 Å². The summed E-state index contributed by atoms with van der Waals surface area (Å²) in [6.07, 6.45) is -1.35. The summed E-state index contributed by atoms with van der Waals surface area (Å²) in [5.41, 5.74) is -1.50. The molecule has 0 bridgehead atoms. The predicted octanol–water partition coefficient (Wildman–Crippen LogP) is 2.77. The standard InChI is InChI=1S/C21H27FO6/c1-11(2)27-19(24)17-15(23)10-21(5,26)18(20(25)28-12(3)4)16(17)13-7-6-8-14(22)9-13/h6-9,11-12,16-18,26H,10H2,1-5H3/t16-,17+,18+,21-/m1/s1. The molecule has 1 aromatic rings. The molecule has 0 spiro atoms. The second kappa shape index (κ2) is 8.39. The summed E-state index contributed by atoms with van der Waals surface area (Å²) in [4.78, 5) is 38.4. The monoisotopic (exact) mass is 394 g/mol. The van der Waals surface area contributed by atoms with Crippen molar-refractivity contribution >= 4 is 17.7 Å². The number of benzene rings is 1. The Labute approximate surface area is 164 Å². The lowest BCUT2D eigenvalue weighted by atomic mass is 9.61. The number of halogens is 1. The molecule has 0 saturated heterocycles. The van der Waals surface area contributed by atoms with E-state index in [1.807, 2.05) is 0 Å². The first kappa shape index (κ1) is 22.0. The number of ketones is 1. The molecule has 1 aliphatic carbocycles. The predicted molar refractivity (Wildman–Crippen MR) is 98.8 cm³/mol. The number of carbonyl (C=O) groups is 3. The molecule has 7 heteroatoms. The van der Waals surface area contributed by atoms with E-state index in [2.05, 4.69) is 0 Å². The molecule has 6 nitrogen and oxygen atoms in total. The molecule has 1 aromatic carbocycles. The van der Waals surface area contributed by atoms with Crippen LogP contribution in [-0.2, 0) is 23.9 Å². The topological polar surface area (TPSA) is 89.9 Å². The quantitative estimate of drug-likeness (QED) is 0.610. The van der Waals surface area contributed by atoms with Gasteiger partial charge in [-0.25, -0.2) is 4.39 Å². The molecule has 0 amide bonds. The van der Waals surface area contributed by atoms with Crippen LogP contribution in [0.4, 0.5) is 4.39 Å². The molecule has 0 unspecified atom stereocenters. The molecule has 0 aromatic heterocycles. The third-order valence-corrected chi connectivity index (χ3v) is 4.71. The lowest BCUT2D eigenvalue weighted by molar-refractivity contribution is -0.176. The van der Waals surface area contributed by atoms with Gasteiger partial charge in [0.15, 0.2) is 5.78 Å². The molecule has 0 aliphatic heterocycles. The lowest BCUT2D eigenvalue weighted by Gasteiger charge is -2.44. The Bertz CT molecular complexity index is 747. The molecule has 0 heterocycles. The first-order chi connectivity index (χ1) is 12.9. The molecule has 28 heavy (non-hydrogen) atoms. The molecular weight excluding hydrogens is 367 g/mol. The zero-order valence-corrected chi connectivity index (χ0v) is 16.8. The summed E-state index contributed by atoms with van der Waals surface area (Å²) in [7, 11) is 0. The number of ether oxygens (including phenoxy) is 2. The van der Waals surface area contributed by atoms with Gasteiger partial charge in [0.05, 0.1) is 23.7 Å². The fraction of sp³-hybridized carbons (Fsp3) is 0.571. The van der Waals surface area contributed by atoms with Crippen LogP contribution in [0.25, 0.3) is 0 Å². The van der Waals surface area contributed by atoms with Crippen molar-refractivity contribution < 1.29 is 33.4 Å². The number of aliphatic hydroxyl groups is 1. The molecule has 154 valence electrons. The Balaban J connectivity index is 2.61. The van der Waals surface area contributed by atoms with Crippen molar-refractivity contribution in [2.45, 2.75) is 64.8 Å². The average Bonchev–Trinajstić information content (AvgIpc) is 2.51. The molecule has 0 radical (unpaired) electrons. The normalized spacial score (nSPS) is 27.8. The maximum Gasteiger partial charge on any atom is 0.317 e. The van der Waals surface area contributed by atoms with Gasteiger partial charge in [-0.3, -0.25) is 14.4 Å². The van der Waals surface area contributed by atoms with Gasteiger partial charge < -0.3 is 14.6 Å². The number of hydrogen-bond donors (Lipinski definition) is 1. The highest BCUT2D eigenvalue weighted by Gasteiger charge is 2.57. The molecule has 2 rings (SSSR count). The van der Waals surface area contributed by atoms with Gasteiger partial charge in [-0.2, -0.15) is 0 Å². The Morgan fingerprint density at radius 2 is 1.71 bits per heavy atom. The van der Waals surface area contributed by atoms with E-state index in [9.17, 15) is 23.9 Å². The smallest absolute Gasteiger partial charge is 0.317 e. The first-order valence-electron chi connectivity index (χ1n) is 9.35. The van der Waals surface area contributed by atoms with Gasteiger partial charge in [-0.05, 0) is 52.3 Å². The van der Waals surface area contributed by atoms with E-state index in [0.717, 1.165) is 6.07 Å². The maximum absolute atomic E-state index is 13.9. The highest BCUT2D eigenvalue weighted by Crippen LogP contribution is 2.47. The van der Waals surface area contributed by atoms with Crippen molar-refractivity contribution in [3.8, 4) is 0 Å². The van der Waals surface area contributed by atoms with E-state index >= 15 is 0 Å². The Morgan fingerprint density at radius 3 is 2.25 bits per heavy atom. The van der Waals surface area contributed by atoms with E-state index in [4.69, 9.17) is 9.47 Å². The summed E-state index contributed by atoms with van der Waals surface area (Å²) < 4.78 is 24.4. The van der Waals surface area contributed by atoms with Crippen molar-refractivity contribution in [1.29, 1.82) is 0 Å². The minimum absolute atomic E-state index is 0.254. The summed E-state index contributed by atoms with van der Waals surface area (Å²) in [5.74, 6) is -6.37. The second-order valence-corrected chi connectivity index (χ2v) is 8.01. The van der Waals surface area contributed by atoms with Gasteiger partial charge >= 0.3 is 11.9 Å². The molecule has 4 atom stereocenters. The maximum atomic E-state index is 13.9. The van der Waals surface area contributed by atoms with Crippen LogP contribution in [0.5, 0.6) is 0 Å². The van der Waals surface area contributed by atoms with E-state index in [1.165, 1.54) is 25.1 Å². The fourth-order valence-electron chi connectivity index (χ4n) is 3.74. The summed E-state index contributed by atoms with van der Waals surface area (Å²) in [6.45, 7) is 7.95. The third-order valence-electron chi connectivity index (χ3n) is 4.71. The van der Waals surface area contributed by atoms with E-state index in [1.54, 1.807) is 27.7 Å². The van der Waals surface area contributed by atoms with Crippen LogP contribution in [0.2, 0.25) is 0 Å². The minimum Gasteiger partial charge on any atom is -0.463 e. The number of carbonyl (C=O) groups excluding carboxylic acids is 3. The van der Waals surface area contributed by atoms with Crippen LogP contribution in [0.1, 0.15) is 52.5 Å². The largest absolute Gasteiger partial charge is 0.463 e. The Morgan fingerprint density at radius 1 is 1.14 bits per heavy atom. The zero-order chi connectivity index (χ0) is 21.2. The molecule has 1 aliphatic rings. The average molecular weight is 394 g/mol. The zero-order valence-electron chi connectivity index (χ0n) is 16.8. The van der Waals surface area contributed by atoms with Gasteiger partial charge in [-0.1, -0.05) is 12.1 Å². The first-order valence-corrected chi connectivity index (χ1v) is 9.35. The fourth-order valence-corrected chi connectivity index (χ4v) is 3.74. The summed E-state index contributed by atoms with van der Waals surface area (Å²) in [6, 6.07) is 5.32. The van der Waals surface area contributed by atoms with E-state index in [0.29, 0.717) is 0 Å². The van der Waals surface area contributed by atoms with Gasteiger partial charge in [0.2, 0.25) is 0 Å². The molecule has 1 fully saturated rings. The SMILES string of the molecule is CC(C)OC(=O)[C@H]1C(=O)C[C@@](C)(O)[C@H](C(=O)OC(C)C)[C@@H]1c1cccc(F)c1. The van der Waals surface area contributed by atoms with Crippen LogP contribution in [0.3, 0.4) is 0 Å². The Hall–Kier alpha value is -2.28. The van der Waals surface area contributed by atoms with Gasteiger partial charge in [0.25, 0.3) is 0 Å². The second-order valence-electron chi connectivity index (χ2n) is 8.01. The number of rotatable bonds is 5. The van der Waals surface area contributed by atoms with Crippen molar-refractivity contribution in [3.05, 3.63) is 35.6 Å². The van der Waals surface area contributed by atoms with Crippen LogP contribution < -0.4 is 0 Å². The number of Topliss-reactive ketones (excluding diaryl/α,β-unsaturated/α-hetero) is 1. The van der Waals surface area contributed by atoms with Crippen LogP contribution in [0.15, 0.2) is 24.3 Å². The van der Waals surface area contributed by atoms with Crippen LogP contribution in [-0.4, -0.2) is 40.6 Å². The molecule has 1 saturated carbocycles. The minimum atomic E-state index is -1.76. The Kier molecular flexibility index (Phi) is 6.59. The molecular formula is C21H27FO6. The van der Waals surface area contributed by atoms with Crippen molar-refractivity contribution in [3.63, 3.8) is 0 Å². The van der Waals surface area contributed by atoms with E-state index < -0.39 is 65.5 Å². The van der Waals surface area contributed by atoms with Gasteiger partial charge in [-0.15, -0.1) is 0 Å². The van der Waals surface area contributed by atoms with Gasteiger partial charge in [0, 0.05) is 12.3 Å². The third kappa shape index (κ3) is 4.76. The molecule has 1 N–H and O–H groups in total. The van der Waals surface area contributed by atoms with Crippen molar-refractivity contribution in [1.82, 2.24) is 0 Å². The van der Waals surface area contributed by atoms with Crippen LogP contribution in [0, 0.1) is 17.7 Å². The number of hydrogen-bond acceptors (Lipinski definition) is 6. The van der Waals surface area contributed by atoms with Crippen molar-refractivity contribution in [2.75, 3.05) is 0 Å². The highest BCUT2D eigenvalue weighted by molar-refractivity contribution is 6.02. The van der Waals surface area contributed by atoms with Crippen LogP contribution >= 0.6 is 0 Å². The van der Waals surface area contributed by atoms with Gasteiger partial charge in [0.1, 0.15) is 11.7 Å². The number of esters is 2. The highest BCUT2D eigenvalue weighted by atomic mass is 19.1.